The van der Waals surface area contributed by atoms with Gasteiger partial charge >= 0.3 is 5.97 Å². The number of aliphatic hydroxyl groups is 1. The Morgan fingerprint density at radius 1 is 1.44 bits per heavy atom. The number of halogens is 1. The summed E-state index contributed by atoms with van der Waals surface area (Å²) in [5.74, 6) is -1.36. The van der Waals surface area contributed by atoms with Crippen LogP contribution in [0.1, 0.15) is 30.4 Å². The Hall–Kier alpha value is -1.42. The van der Waals surface area contributed by atoms with Gasteiger partial charge in [-0.3, -0.25) is 4.79 Å². The van der Waals surface area contributed by atoms with Crippen LogP contribution in [0.4, 0.5) is 4.39 Å². The highest BCUT2D eigenvalue weighted by molar-refractivity contribution is 5.82. The topological polar surface area (TPSA) is 57.5 Å². The minimum absolute atomic E-state index is 0.157. The Morgan fingerprint density at radius 3 is 2.56 bits per heavy atom. The second kappa shape index (κ2) is 3.87. The molecule has 0 unspecified atom stereocenters. The first kappa shape index (κ1) is 11.1. The van der Waals surface area contributed by atoms with Crippen LogP contribution in [0.5, 0.6) is 0 Å². The molecule has 16 heavy (non-hydrogen) atoms. The Morgan fingerprint density at radius 2 is 2.12 bits per heavy atom. The highest BCUT2D eigenvalue weighted by Crippen LogP contribution is 2.44. The first-order chi connectivity index (χ1) is 7.60. The molecule has 0 amide bonds. The van der Waals surface area contributed by atoms with E-state index in [9.17, 15) is 14.3 Å². The molecular formula is C12H13FO3. The van der Waals surface area contributed by atoms with Gasteiger partial charge < -0.3 is 10.2 Å². The van der Waals surface area contributed by atoms with E-state index in [-0.39, 0.29) is 5.56 Å². The van der Waals surface area contributed by atoms with Gasteiger partial charge in [0, 0.05) is 5.56 Å². The van der Waals surface area contributed by atoms with Crippen molar-refractivity contribution in [2.24, 2.45) is 0 Å². The average Bonchev–Trinajstić information content (AvgIpc) is 2.18. The number of carboxylic acid groups (broad SMARTS) is 1. The zero-order chi connectivity index (χ0) is 11.8. The van der Waals surface area contributed by atoms with E-state index in [1.807, 2.05) is 0 Å². The molecule has 0 aliphatic heterocycles. The van der Waals surface area contributed by atoms with E-state index < -0.39 is 23.8 Å². The van der Waals surface area contributed by atoms with Crippen LogP contribution in [0.3, 0.4) is 0 Å². The maximum absolute atomic E-state index is 13.2. The van der Waals surface area contributed by atoms with Crippen molar-refractivity contribution >= 4 is 5.97 Å². The van der Waals surface area contributed by atoms with E-state index in [4.69, 9.17) is 5.11 Å². The molecule has 1 aliphatic carbocycles. The summed E-state index contributed by atoms with van der Waals surface area (Å²) < 4.78 is 13.2. The van der Waals surface area contributed by atoms with Crippen molar-refractivity contribution in [1.82, 2.24) is 0 Å². The zero-order valence-electron chi connectivity index (χ0n) is 8.74. The molecule has 1 aliphatic rings. The Kier molecular flexibility index (Phi) is 2.68. The molecule has 2 N–H and O–H groups in total. The number of rotatable bonds is 3. The van der Waals surface area contributed by atoms with Gasteiger partial charge in [-0.05, 0) is 30.5 Å². The maximum Gasteiger partial charge on any atom is 0.314 e. The average molecular weight is 224 g/mol. The molecule has 0 atom stereocenters. The van der Waals surface area contributed by atoms with Gasteiger partial charge in [-0.25, -0.2) is 4.39 Å². The molecule has 86 valence electrons. The summed E-state index contributed by atoms with van der Waals surface area (Å²) in [5.41, 5.74) is -0.112. The lowest BCUT2D eigenvalue weighted by Gasteiger charge is -2.38. The maximum atomic E-state index is 13.2. The number of benzene rings is 1. The second-order valence-electron chi connectivity index (χ2n) is 4.21. The van der Waals surface area contributed by atoms with Crippen LogP contribution in [0.15, 0.2) is 18.2 Å². The lowest BCUT2D eigenvalue weighted by Crippen LogP contribution is -2.42. The number of aliphatic hydroxyl groups excluding tert-OH is 1. The van der Waals surface area contributed by atoms with Gasteiger partial charge in [0.2, 0.25) is 0 Å². The third-order valence-corrected chi connectivity index (χ3v) is 3.39. The Bertz CT molecular complexity index is 424. The van der Waals surface area contributed by atoms with Crippen molar-refractivity contribution in [1.29, 1.82) is 0 Å². The lowest BCUT2D eigenvalue weighted by atomic mass is 9.64. The molecule has 4 heteroatoms. The van der Waals surface area contributed by atoms with Gasteiger partial charge in [0.25, 0.3) is 0 Å². The van der Waals surface area contributed by atoms with Crippen LogP contribution in [0, 0.1) is 5.82 Å². The number of aliphatic carboxylic acids is 1. The van der Waals surface area contributed by atoms with Crippen LogP contribution in [-0.2, 0) is 16.8 Å². The summed E-state index contributed by atoms with van der Waals surface area (Å²) in [4.78, 5) is 11.2. The highest BCUT2D eigenvalue weighted by atomic mass is 19.1. The molecule has 1 aromatic rings. The molecule has 0 aromatic heterocycles. The normalized spacial score (nSPS) is 17.9. The molecule has 1 aromatic carbocycles. The summed E-state index contributed by atoms with van der Waals surface area (Å²) in [7, 11) is 0. The minimum atomic E-state index is -0.866. The third kappa shape index (κ3) is 1.50. The van der Waals surface area contributed by atoms with E-state index in [1.165, 1.54) is 18.2 Å². The molecule has 2 rings (SSSR count). The van der Waals surface area contributed by atoms with Crippen LogP contribution in [0.25, 0.3) is 0 Å². The zero-order valence-corrected chi connectivity index (χ0v) is 8.74. The molecule has 0 heterocycles. The van der Waals surface area contributed by atoms with Crippen molar-refractivity contribution in [3.05, 3.63) is 35.1 Å². The predicted molar refractivity (Wildman–Crippen MR) is 55.5 cm³/mol. The first-order valence-corrected chi connectivity index (χ1v) is 5.23. The molecule has 0 spiro atoms. The summed E-state index contributed by atoms with van der Waals surface area (Å²) >= 11 is 0. The van der Waals surface area contributed by atoms with Crippen LogP contribution < -0.4 is 0 Å². The quantitative estimate of drug-likeness (QED) is 0.823. The molecule has 0 radical (unpaired) electrons. The van der Waals surface area contributed by atoms with E-state index in [0.717, 1.165) is 6.42 Å². The summed E-state index contributed by atoms with van der Waals surface area (Å²) in [6.07, 6.45) is 2.04. The van der Waals surface area contributed by atoms with Crippen molar-refractivity contribution in [3.63, 3.8) is 0 Å². The molecule has 3 nitrogen and oxygen atoms in total. The van der Waals surface area contributed by atoms with Crippen LogP contribution in [0.2, 0.25) is 0 Å². The van der Waals surface area contributed by atoms with E-state index in [0.29, 0.717) is 18.4 Å². The minimum Gasteiger partial charge on any atom is -0.481 e. The largest absolute Gasteiger partial charge is 0.481 e. The number of carbonyl (C=O) groups is 1. The summed E-state index contributed by atoms with van der Waals surface area (Å²) in [5, 5.41) is 18.2. The van der Waals surface area contributed by atoms with E-state index in [1.54, 1.807) is 0 Å². The molecule has 1 saturated carbocycles. The molecule has 0 saturated heterocycles. The van der Waals surface area contributed by atoms with Crippen LogP contribution >= 0.6 is 0 Å². The monoisotopic (exact) mass is 224 g/mol. The smallest absolute Gasteiger partial charge is 0.314 e. The van der Waals surface area contributed by atoms with Crippen molar-refractivity contribution in [2.45, 2.75) is 31.3 Å². The highest BCUT2D eigenvalue weighted by Gasteiger charge is 2.46. The van der Waals surface area contributed by atoms with Gasteiger partial charge in [-0.15, -0.1) is 0 Å². The van der Waals surface area contributed by atoms with Gasteiger partial charge in [0.05, 0.1) is 12.0 Å². The summed E-state index contributed by atoms with van der Waals surface area (Å²) in [6, 6.07) is 4.19. The lowest BCUT2D eigenvalue weighted by molar-refractivity contribution is -0.147. The fourth-order valence-electron chi connectivity index (χ4n) is 2.15. The van der Waals surface area contributed by atoms with E-state index in [2.05, 4.69) is 0 Å². The second-order valence-corrected chi connectivity index (χ2v) is 4.21. The fraction of sp³-hybridized carbons (Fsp3) is 0.417. The fourth-order valence-corrected chi connectivity index (χ4v) is 2.15. The predicted octanol–water partition coefficient (Wildman–Crippen LogP) is 1.82. The summed E-state index contributed by atoms with van der Waals surface area (Å²) in [6.45, 7) is -0.407. The van der Waals surface area contributed by atoms with Crippen molar-refractivity contribution < 1.29 is 19.4 Å². The molecular weight excluding hydrogens is 211 g/mol. The van der Waals surface area contributed by atoms with Crippen molar-refractivity contribution in [3.8, 4) is 0 Å². The molecule has 1 fully saturated rings. The number of carboxylic acids is 1. The number of hydrogen-bond acceptors (Lipinski definition) is 2. The van der Waals surface area contributed by atoms with Crippen LogP contribution in [-0.4, -0.2) is 16.2 Å². The standard InChI is InChI=1S/C12H13FO3/c13-10-3-2-9(6-8(10)7-14)12(11(15)16)4-1-5-12/h2-3,6,14H,1,4-5,7H2,(H,15,16). The van der Waals surface area contributed by atoms with Gasteiger partial charge in [0.1, 0.15) is 5.82 Å². The SMILES string of the molecule is O=C(O)C1(c2ccc(F)c(CO)c2)CCC1. The third-order valence-electron chi connectivity index (χ3n) is 3.39. The van der Waals surface area contributed by atoms with Crippen molar-refractivity contribution in [2.75, 3.05) is 0 Å². The molecule has 0 bridgehead atoms. The number of hydrogen-bond donors (Lipinski definition) is 2. The Labute approximate surface area is 92.5 Å². The van der Waals surface area contributed by atoms with E-state index >= 15 is 0 Å². The van der Waals surface area contributed by atoms with Gasteiger partial charge in [-0.1, -0.05) is 12.5 Å². The van der Waals surface area contributed by atoms with Gasteiger partial charge in [-0.2, -0.15) is 0 Å². The first-order valence-electron chi connectivity index (χ1n) is 5.23. The Balaban J connectivity index is 2.43. The van der Waals surface area contributed by atoms with Gasteiger partial charge in [0.15, 0.2) is 0 Å².